The molecule has 0 bridgehead atoms. The molecule has 0 N–H and O–H groups in total. The predicted octanol–water partition coefficient (Wildman–Crippen LogP) is 13.7. The zero-order valence-corrected chi connectivity index (χ0v) is 25.7. The maximum atomic E-state index is 9.45. The zero-order chi connectivity index (χ0) is 43.6. The largest absolute Gasteiger partial charge is 0.455 e. The number of hydrogen-bond acceptors (Lipinski definition) is 1. The van der Waals surface area contributed by atoms with E-state index in [0.29, 0.717) is 49.4 Å². The smallest absolute Gasteiger partial charge is 0.143 e. The summed E-state index contributed by atoms with van der Waals surface area (Å²) in [5.41, 5.74) is 4.56. The van der Waals surface area contributed by atoms with Crippen molar-refractivity contribution in [2.24, 2.45) is 0 Å². The lowest BCUT2D eigenvalue weighted by atomic mass is 9.84. The van der Waals surface area contributed by atoms with Crippen LogP contribution in [-0.2, 0) is 0 Å². The van der Waals surface area contributed by atoms with Crippen molar-refractivity contribution in [3.63, 3.8) is 0 Å². The Morgan fingerprint density at radius 2 is 0.980 bits per heavy atom. The average molecular weight is 636 g/mol. The first-order chi connectivity index (χ1) is 29.7. The molecule has 228 valence electrons. The summed E-state index contributed by atoms with van der Waals surface area (Å²) in [4.78, 5) is 0. The van der Waals surface area contributed by atoms with E-state index in [-0.39, 0.29) is 74.5 Å². The van der Waals surface area contributed by atoms with Gasteiger partial charge in [0.05, 0.1) is 17.8 Å². The Labute approximate surface area is 302 Å². The third-order valence-corrected chi connectivity index (χ3v) is 9.19. The molecule has 9 aromatic carbocycles. The maximum Gasteiger partial charge on any atom is 0.143 e. The summed E-state index contributed by atoms with van der Waals surface area (Å²) < 4.78 is 121. The lowest BCUT2D eigenvalue weighted by molar-refractivity contribution is 0.673. The van der Waals surface area contributed by atoms with Gasteiger partial charge in [-0.15, -0.1) is 0 Å². The molecule has 0 spiro atoms. The number of benzene rings is 9. The van der Waals surface area contributed by atoms with Gasteiger partial charge in [-0.2, -0.15) is 0 Å². The SMILES string of the molecule is [2H]c1c([2H])c([2H])c(-c2ccc3c(ccc4c3oc3cccc(-c5c6c([2H])c([2H])c([2H])c([2H])c6c(-c6ccc(-c7ccccc7)cc6)c6c([2H])c([2H])c([2H])c([2H])c56)c34)c2)c([2H])c1[2H]. The van der Waals surface area contributed by atoms with Crippen LogP contribution in [0.15, 0.2) is 186 Å². The Kier molecular flexibility index (Phi) is 3.99. The molecule has 1 nitrogen and oxygen atoms in total. The molecule has 0 aliphatic rings. The number of hydrogen-bond donors (Lipinski definition) is 0. The molecule has 0 fully saturated rings. The van der Waals surface area contributed by atoms with Crippen LogP contribution in [0.1, 0.15) is 17.8 Å². The Hall–Kier alpha value is -6.44. The Morgan fingerprint density at radius 1 is 0.388 bits per heavy atom. The molecule has 49 heavy (non-hydrogen) atoms. The van der Waals surface area contributed by atoms with E-state index in [2.05, 4.69) is 0 Å². The van der Waals surface area contributed by atoms with E-state index in [0.717, 1.165) is 11.1 Å². The van der Waals surface area contributed by atoms with Gasteiger partial charge < -0.3 is 4.42 Å². The lowest BCUT2D eigenvalue weighted by Gasteiger charge is -2.18. The van der Waals surface area contributed by atoms with E-state index >= 15 is 0 Å². The molecule has 0 saturated carbocycles. The van der Waals surface area contributed by atoms with Crippen LogP contribution in [0.5, 0.6) is 0 Å². The van der Waals surface area contributed by atoms with E-state index in [9.17, 15) is 5.48 Å². The van der Waals surface area contributed by atoms with Gasteiger partial charge in [0.2, 0.25) is 0 Å². The van der Waals surface area contributed by atoms with Crippen molar-refractivity contribution in [1.82, 2.24) is 0 Å². The molecule has 0 amide bonds. The molecule has 1 aromatic heterocycles. The highest BCUT2D eigenvalue weighted by Gasteiger charge is 2.21. The van der Waals surface area contributed by atoms with Gasteiger partial charge >= 0.3 is 0 Å². The van der Waals surface area contributed by atoms with Crippen LogP contribution in [-0.4, -0.2) is 0 Å². The molecule has 0 aliphatic heterocycles. The molecule has 1 heterocycles. The first-order valence-corrected chi connectivity index (χ1v) is 15.8. The summed E-state index contributed by atoms with van der Waals surface area (Å²) in [6.45, 7) is 0. The van der Waals surface area contributed by atoms with Crippen LogP contribution in [0.2, 0.25) is 0 Å². The van der Waals surface area contributed by atoms with Gasteiger partial charge in [0, 0.05) is 16.2 Å². The second-order valence-corrected chi connectivity index (χ2v) is 11.9. The highest BCUT2D eigenvalue weighted by molar-refractivity contribution is 6.27. The normalized spacial score (nSPS) is 15.4. The van der Waals surface area contributed by atoms with Gasteiger partial charge in [0.1, 0.15) is 11.2 Å². The van der Waals surface area contributed by atoms with Crippen molar-refractivity contribution in [2.75, 3.05) is 0 Å². The fourth-order valence-electron chi connectivity index (χ4n) is 7.01. The van der Waals surface area contributed by atoms with Gasteiger partial charge in [-0.05, 0) is 95.7 Å². The molecule has 0 unspecified atom stereocenters. The van der Waals surface area contributed by atoms with E-state index in [1.54, 1.807) is 48.5 Å². The fourth-order valence-corrected chi connectivity index (χ4v) is 7.01. The standard InChI is InChI=1S/C48H30O/c1-3-12-31(13-4-1)33-22-24-34(25-23-33)45-38-16-7-9-18-40(38)46(41-19-10-8-17-39(41)45)42-20-11-21-44-47(42)43-29-27-36-30-35(32-14-5-2-6-15-32)26-28-37(36)48(43)49-44/h1-30H/i2D,5D,6D,7D,8D,9D,10D,14D,15D,16D,17D,18D,19D. The van der Waals surface area contributed by atoms with Crippen molar-refractivity contribution < 1.29 is 22.2 Å². The van der Waals surface area contributed by atoms with Crippen molar-refractivity contribution in [3.05, 3.63) is 182 Å². The summed E-state index contributed by atoms with van der Waals surface area (Å²) in [7, 11) is 0. The van der Waals surface area contributed by atoms with Crippen LogP contribution in [0, 0.1) is 0 Å². The van der Waals surface area contributed by atoms with Crippen LogP contribution < -0.4 is 0 Å². The molecule has 0 saturated heterocycles. The van der Waals surface area contributed by atoms with Gasteiger partial charge in [0.25, 0.3) is 0 Å². The monoisotopic (exact) mass is 635 g/mol. The third-order valence-electron chi connectivity index (χ3n) is 9.19. The Morgan fingerprint density at radius 3 is 1.69 bits per heavy atom. The van der Waals surface area contributed by atoms with Crippen molar-refractivity contribution in [2.45, 2.75) is 0 Å². The van der Waals surface area contributed by atoms with Crippen LogP contribution in [0.3, 0.4) is 0 Å². The van der Waals surface area contributed by atoms with Crippen LogP contribution in [0.25, 0.3) is 98.8 Å². The molecular formula is C48H30O. The minimum atomic E-state index is -0.501. The highest BCUT2D eigenvalue weighted by atomic mass is 16.3. The summed E-state index contributed by atoms with van der Waals surface area (Å²) in [6.07, 6.45) is 0. The summed E-state index contributed by atoms with van der Waals surface area (Å²) >= 11 is 0. The molecule has 10 rings (SSSR count). The summed E-state index contributed by atoms with van der Waals surface area (Å²) in [5, 5.41) is 2.84. The molecule has 0 aliphatic carbocycles. The van der Waals surface area contributed by atoms with Crippen molar-refractivity contribution in [3.8, 4) is 44.5 Å². The molecule has 0 atom stereocenters. The second-order valence-electron chi connectivity index (χ2n) is 11.9. The van der Waals surface area contributed by atoms with E-state index in [1.165, 1.54) is 0 Å². The highest BCUT2D eigenvalue weighted by Crippen LogP contribution is 2.47. The quantitative estimate of drug-likeness (QED) is 0.175. The first-order valence-electron chi connectivity index (χ1n) is 22.3. The average Bonchev–Trinajstić information content (AvgIpc) is 3.69. The van der Waals surface area contributed by atoms with Gasteiger partial charge in [0.15, 0.2) is 0 Å². The number of fused-ring (bicyclic) bond motifs is 7. The van der Waals surface area contributed by atoms with Gasteiger partial charge in [-0.25, -0.2) is 0 Å². The van der Waals surface area contributed by atoms with Crippen LogP contribution in [0.4, 0.5) is 0 Å². The molecule has 1 heteroatoms. The van der Waals surface area contributed by atoms with Gasteiger partial charge in [-0.1, -0.05) is 157 Å². The van der Waals surface area contributed by atoms with E-state index in [1.807, 2.05) is 54.6 Å². The number of furan rings is 1. The topological polar surface area (TPSA) is 13.1 Å². The van der Waals surface area contributed by atoms with Gasteiger partial charge in [-0.3, -0.25) is 0 Å². The predicted molar refractivity (Wildman–Crippen MR) is 208 cm³/mol. The minimum Gasteiger partial charge on any atom is -0.455 e. The second kappa shape index (κ2) is 11.1. The fraction of sp³-hybridized carbons (Fsp3) is 0. The molecule has 10 aromatic rings. The van der Waals surface area contributed by atoms with E-state index in [4.69, 9.17) is 16.8 Å². The third kappa shape index (κ3) is 4.40. The maximum absolute atomic E-state index is 9.45. The van der Waals surface area contributed by atoms with Crippen LogP contribution >= 0.6 is 0 Å². The zero-order valence-electron chi connectivity index (χ0n) is 38.7. The summed E-state index contributed by atoms with van der Waals surface area (Å²) in [6, 6.07) is 25.6. The minimum absolute atomic E-state index is 0.0633. The lowest BCUT2D eigenvalue weighted by Crippen LogP contribution is -1.91. The molecule has 0 radical (unpaired) electrons. The number of rotatable bonds is 4. The first kappa shape index (κ1) is 17.6. The van der Waals surface area contributed by atoms with E-state index < -0.39 is 42.3 Å². The Bertz CT molecular complexity index is 3490. The Balaban J connectivity index is 1.31. The van der Waals surface area contributed by atoms with Crippen molar-refractivity contribution in [1.29, 1.82) is 0 Å². The van der Waals surface area contributed by atoms with Crippen molar-refractivity contribution >= 4 is 54.3 Å². The summed E-state index contributed by atoms with van der Waals surface area (Å²) in [5.74, 6) is 0. The molecular weight excluding hydrogens is 593 g/mol.